The van der Waals surface area contributed by atoms with Crippen molar-refractivity contribution in [2.75, 3.05) is 6.66 Å². The van der Waals surface area contributed by atoms with Crippen molar-refractivity contribution in [1.82, 2.24) is 0 Å². The Kier molecular flexibility index (Phi) is 2.40. The van der Waals surface area contributed by atoms with Gasteiger partial charge in [-0.25, -0.2) is 4.57 Å². The van der Waals surface area contributed by atoms with Crippen LogP contribution in [0.2, 0.25) is 0 Å². The highest BCUT2D eigenvalue weighted by atomic mass is 31.2. The Labute approximate surface area is 70.0 Å². The van der Waals surface area contributed by atoms with Gasteiger partial charge in [0.2, 0.25) is 0 Å². The minimum atomic E-state index is -3.52. The lowest BCUT2D eigenvalue weighted by Gasteiger charge is -2.07. The minimum Gasteiger partial charge on any atom is -0.508 e. The van der Waals surface area contributed by atoms with Crippen LogP contribution in [0.5, 0.6) is 11.5 Å². The van der Waals surface area contributed by atoms with E-state index >= 15 is 0 Å². The molecular weight excluding hydrogens is 179 g/mol. The van der Waals surface area contributed by atoms with Gasteiger partial charge in [0.1, 0.15) is 11.5 Å². The van der Waals surface area contributed by atoms with E-state index in [-0.39, 0.29) is 11.5 Å². The van der Waals surface area contributed by atoms with Crippen molar-refractivity contribution in [1.29, 1.82) is 0 Å². The number of phenolic OH excluding ortho intramolecular Hbond substituents is 1. The molecule has 1 unspecified atom stereocenters. The van der Waals surface area contributed by atoms with Crippen LogP contribution in [0, 0.1) is 0 Å². The smallest absolute Gasteiger partial charge is 0.373 e. The van der Waals surface area contributed by atoms with Crippen LogP contribution in [0.1, 0.15) is 0 Å². The number of benzene rings is 1. The largest absolute Gasteiger partial charge is 0.508 e. The van der Waals surface area contributed by atoms with E-state index in [0.29, 0.717) is 0 Å². The van der Waals surface area contributed by atoms with Crippen LogP contribution < -0.4 is 4.52 Å². The SMILES string of the molecule is CP(=O)(O)Oc1cccc(O)c1. The van der Waals surface area contributed by atoms with Crippen molar-refractivity contribution >= 4 is 7.60 Å². The summed E-state index contributed by atoms with van der Waals surface area (Å²) >= 11 is 0. The van der Waals surface area contributed by atoms with Crippen molar-refractivity contribution in [3.05, 3.63) is 24.3 Å². The standard InChI is InChI=1S/C7H9O4P/c1-12(9,10)11-7-4-2-3-6(8)5-7/h2-5,8H,1H3,(H,9,10). The molecule has 66 valence electrons. The van der Waals surface area contributed by atoms with E-state index in [0.717, 1.165) is 6.66 Å². The van der Waals surface area contributed by atoms with Crippen LogP contribution in [0.15, 0.2) is 24.3 Å². The minimum absolute atomic E-state index is 0.000880. The van der Waals surface area contributed by atoms with E-state index in [1.807, 2.05) is 0 Å². The molecule has 0 spiro atoms. The van der Waals surface area contributed by atoms with E-state index in [2.05, 4.69) is 4.52 Å². The van der Waals surface area contributed by atoms with Gasteiger partial charge in [-0.15, -0.1) is 0 Å². The lowest BCUT2D eigenvalue weighted by atomic mass is 10.3. The summed E-state index contributed by atoms with van der Waals surface area (Å²) in [6.45, 7) is 1.08. The Morgan fingerprint density at radius 1 is 1.50 bits per heavy atom. The zero-order chi connectivity index (χ0) is 9.19. The molecular formula is C7H9O4P. The maximum Gasteiger partial charge on any atom is 0.373 e. The number of phenols is 1. The quantitative estimate of drug-likeness (QED) is 0.691. The third-order valence-corrected chi connectivity index (χ3v) is 1.64. The molecule has 1 atom stereocenters. The number of hydrogen-bond acceptors (Lipinski definition) is 3. The molecule has 5 heteroatoms. The first-order chi connectivity index (χ1) is 5.47. The van der Waals surface area contributed by atoms with Gasteiger partial charge in [0.05, 0.1) is 0 Å². The Hall–Kier alpha value is -0.990. The maximum absolute atomic E-state index is 10.7. The first-order valence-electron chi connectivity index (χ1n) is 3.26. The zero-order valence-electron chi connectivity index (χ0n) is 6.47. The average Bonchev–Trinajstić information content (AvgIpc) is 1.82. The Morgan fingerprint density at radius 3 is 2.67 bits per heavy atom. The molecule has 1 aromatic rings. The summed E-state index contributed by atoms with van der Waals surface area (Å²) in [5, 5.41) is 8.96. The second-order valence-electron chi connectivity index (χ2n) is 2.39. The molecule has 12 heavy (non-hydrogen) atoms. The van der Waals surface area contributed by atoms with Crippen molar-refractivity contribution < 1.29 is 19.1 Å². The first kappa shape index (κ1) is 9.10. The lowest BCUT2D eigenvalue weighted by Crippen LogP contribution is -1.88. The van der Waals surface area contributed by atoms with E-state index in [1.165, 1.54) is 24.3 Å². The molecule has 1 aromatic carbocycles. The van der Waals surface area contributed by atoms with Gasteiger partial charge in [-0.1, -0.05) is 6.07 Å². The van der Waals surface area contributed by atoms with Gasteiger partial charge in [-0.3, -0.25) is 0 Å². The summed E-state index contributed by atoms with van der Waals surface area (Å²) in [6, 6.07) is 5.74. The van der Waals surface area contributed by atoms with Gasteiger partial charge >= 0.3 is 7.60 Å². The summed E-state index contributed by atoms with van der Waals surface area (Å²) < 4.78 is 15.4. The van der Waals surface area contributed by atoms with Crippen LogP contribution in [-0.2, 0) is 4.57 Å². The van der Waals surface area contributed by atoms with Crippen molar-refractivity contribution in [2.24, 2.45) is 0 Å². The third kappa shape index (κ3) is 2.95. The third-order valence-electron chi connectivity index (χ3n) is 1.09. The molecule has 0 saturated heterocycles. The average molecular weight is 188 g/mol. The second-order valence-corrected chi connectivity index (χ2v) is 4.18. The highest BCUT2D eigenvalue weighted by Crippen LogP contribution is 2.38. The molecule has 0 fully saturated rings. The predicted molar refractivity (Wildman–Crippen MR) is 44.5 cm³/mol. The van der Waals surface area contributed by atoms with Gasteiger partial charge < -0.3 is 14.5 Å². The number of hydrogen-bond donors (Lipinski definition) is 2. The summed E-state index contributed by atoms with van der Waals surface area (Å²) in [5.41, 5.74) is 0. The van der Waals surface area contributed by atoms with Crippen LogP contribution in [0.3, 0.4) is 0 Å². The van der Waals surface area contributed by atoms with Crippen molar-refractivity contribution in [3.8, 4) is 11.5 Å². The number of rotatable bonds is 2. The molecule has 4 nitrogen and oxygen atoms in total. The van der Waals surface area contributed by atoms with Gasteiger partial charge in [-0.2, -0.15) is 0 Å². The summed E-state index contributed by atoms with van der Waals surface area (Å²) in [6.07, 6.45) is 0. The molecule has 0 amide bonds. The summed E-state index contributed by atoms with van der Waals surface area (Å²) in [7, 11) is -3.52. The Morgan fingerprint density at radius 2 is 2.17 bits per heavy atom. The molecule has 0 saturated carbocycles. The summed E-state index contributed by atoms with van der Waals surface area (Å²) in [5.74, 6) is 0.185. The topological polar surface area (TPSA) is 66.8 Å². The fraction of sp³-hybridized carbons (Fsp3) is 0.143. The van der Waals surface area contributed by atoms with E-state index in [4.69, 9.17) is 10.00 Å². The molecule has 0 aliphatic heterocycles. The molecule has 2 N–H and O–H groups in total. The molecule has 0 bridgehead atoms. The van der Waals surface area contributed by atoms with Crippen LogP contribution >= 0.6 is 7.60 Å². The normalized spacial score (nSPS) is 15.2. The fourth-order valence-electron chi connectivity index (χ4n) is 0.736. The van der Waals surface area contributed by atoms with E-state index < -0.39 is 7.60 Å². The Balaban J connectivity index is 2.84. The predicted octanol–water partition coefficient (Wildman–Crippen LogP) is 1.59. The van der Waals surface area contributed by atoms with Crippen LogP contribution in [0.4, 0.5) is 0 Å². The monoisotopic (exact) mass is 188 g/mol. The second kappa shape index (κ2) is 3.17. The molecule has 0 heterocycles. The van der Waals surface area contributed by atoms with Crippen LogP contribution in [0.25, 0.3) is 0 Å². The maximum atomic E-state index is 10.7. The highest BCUT2D eigenvalue weighted by Gasteiger charge is 2.11. The molecule has 0 radical (unpaired) electrons. The highest BCUT2D eigenvalue weighted by molar-refractivity contribution is 7.52. The van der Waals surface area contributed by atoms with E-state index in [1.54, 1.807) is 0 Å². The molecule has 0 aromatic heterocycles. The van der Waals surface area contributed by atoms with Crippen molar-refractivity contribution in [3.63, 3.8) is 0 Å². The Bertz CT molecular complexity index is 317. The molecule has 1 rings (SSSR count). The van der Waals surface area contributed by atoms with E-state index in [9.17, 15) is 4.57 Å². The van der Waals surface area contributed by atoms with Gasteiger partial charge in [0.25, 0.3) is 0 Å². The first-order valence-corrected chi connectivity index (χ1v) is 5.29. The van der Waals surface area contributed by atoms with Crippen molar-refractivity contribution in [2.45, 2.75) is 0 Å². The number of aromatic hydroxyl groups is 1. The molecule has 0 aliphatic carbocycles. The lowest BCUT2D eigenvalue weighted by molar-refractivity contribution is 0.386. The van der Waals surface area contributed by atoms with Gasteiger partial charge in [-0.05, 0) is 12.1 Å². The molecule has 0 aliphatic rings. The van der Waals surface area contributed by atoms with Gasteiger partial charge in [0.15, 0.2) is 0 Å². The summed E-state index contributed by atoms with van der Waals surface area (Å²) in [4.78, 5) is 8.81. The van der Waals surface area contributed by atoms with Gasteiger partial charge in [0, 0.05) is 12.7 Å². The zero-order valence-corrected chi connectivity index (χ0v) is 7.36. The fourth-order valence-corrected chi connectivity index (χ4v) is 1.24. The van der Waals surface area contributed by atoms with Crippen LogP contribution in [-0.4, -0.2) is 16.7 Å².